The first-order chi connectivity index (χ1) is 12.1. The molecule has 0 saturated carbocycles. The van der Waals surface area contributed by atoms with E-state index in [0.717, 1.165) is 37.8 Å². The van der Waals surface area contributed by atoms with Crippen molar-refractivity contribution in [1.82, 2.24) is 10.2 Å². The summed E-state index contributed by atoms with van der Waals surface area (Å²) in [4.78, 5) is 14.7. The highest BCUT2D eigenvalue weighted by Gasteiger charge is 2.25. The van der Waals surface area contributed by atoms with Crippen LogP contribution in [0.5, 0.6) is 0 Å². The first-order valence-corrected chi connectivity index (χ1v) is 9.02. The molecule has 1 saturated heterocycles. The third-order valence-electron chi connectivity index (χ3n) is 4.41. The van der Waals surface area contributed by atoms with Crippen LogP contribution < -0.4 is 5.32 Å². The lowest BCUT2D eigenvalue weighted by atomic mass is 10.1. The van der Waals surface area contributed by atoms with E-state index < -0.39 is 11.7 Å². The smallest absolute Gasteiger partial charge is 0.252 e. The maximum absolute atomic E-state index is 13.6. The van der Waals surface area contributed by atoms with E-state index in [1.165, 1.54) is 12.5 Å². The topological polar surface area (TPSA) is 45.5 Å². The minimum atomic E-state index is -0.671. The zero-order chi connectivity index (χ0) is 17.8. The van der Waals surface area contributed by atoms with Crippen LogP contribution in [0.4, 0.5) is 4.39 Å². The van der Waals surface area contributed by atoms with Gasteiger partial charge in [0.1, 0.15) is 11.6 Å². The van der Waals surface area contributed by atoms with Gasteiger partial charge in [0.05, 0.1) is 27.9 Å². The minimum Gasteiger partial charge on any atom is -0.468 e. The number of nitrogens with zero attached hydrogens (tertiary/aromatic N) is 1. The van der Waals surface area contributed by atoms with Gasteiger partial charge < -0.3 is 9.73 Å². The fourth-order valence-electron chi connectivity index (χ4n) is 3.10. The van der Waals surface area contributed by atoms with Gasteiger partial charge >= 0.3 is 0 Å². The highest BCUT2D eigenvalue weighted by atomic mass is 35.5. The fraction of sp³-hybridized carbons (Fsp3) is 0.389. The zero-order valence-corrected chi connectivity index (χ0v) is 15.1. The van der Waals surface area contributed by atoms with Crippen LogP contribution in [-0.2, 0) is 0 Å². The van der Waals surface area contributed by atoms with Crippen molar-refractivity contribution in [3.05, 3.63) is 57.7 Å². The summed E-state index contributed by atoms with van der Waals surface area (Å²) in [5.41, 5.74) is 0.0698. The van der Waals surface area contributed by atoms with E-state index in [4.69, 9.17) is 27.6 Å². The normalized spacial score (nSPS) is 16.6. The Morgan fingerprint density at radius 2 is 2.00 bits per heavy atom. The summed E-state index contributed by atoms with van der Waals surface area (Å²) in [7, 11) is 0. The van der Waals surface area contributed by atoms with E-state index in [-0.39, 0.29) is 21.7 Å². The van der Waals surface area contributed by atoms with Gasteiger partial charge in [-0.2, -0.15) is 0 Å². The zero-order valence-electron chi connectivity index (χ0n) is 13.6. The van der Waals surface area contributed by atoms with E-state index in [0.29, 0.717) is 6.54 Å². The summed E-state index contributed by atoms with van der Waals surface area (Å²) >= 11 is 11.7. The second kappa shape index (κ2) is 8.21. The molecule has 1 aromatic carbocycles. The van der Waals surface area contributed by atoms with Crippen molar-refractivity contribution in [1.29, 1.82) is 0 Å². The molecule has 1 fully saturated rings. The number of hydrogen-bond acceptors (Lipinski definition) is 3. The van der Waals surface area contributed by atoms with Gasteiger partial charge in [-0.05, 0) is 50.2 Å². The van der Waals surface area contributed by atoms with Crippen molar-refractivity contribution < 1.29 is 13.6 Å². The van der Waals surface area contributed by atoms with Crippen LogP contribution >= 0.6 is 23.2 Å². The van der Waals surface area contributed by atoms with E-state index in [9.17, 15) is 9.18 Å². The van der Waals surface area contributed by atoms with Crippen LogP contribution in [0.3, 0.4) is 0 Å². The van der Waals surface area contributed by atoms with Crippen molar-refractivity contribution in [3.63, 3.8) is 0 Å². The van der Waals surface area contributed by atoms with E-state index in [1.807, 2.05) is 12.1 Å². The molecule has 134 valence electrons. The van der Waals surface area contributed by atoms with Gasteiger partial charge in [-0.15, -0.1) is 0 Å². The Bertz CT molecular complexity index is 731. The molecule has 0 spiro atoms. The highest BCUT2D eigenvalue weighted by molar-refractivity contribution is 6.36. The molecule has 1 aliphatic rings. The number of rotatable bonds is 5. The summed E-state index contributed by atoms with van der Waals surface area (Å²) in [6.45, 7) is 2.27. The lowest BCUT2D eigenvalue weighted by Gasteiger charge is -2.33. The van der Waals surface area contributed by atoms with Crippen molar-refractivity contribution >= 4 is 29.1 Å². The second-order valence-electron chi connectivity index (χ2n) is 6.08. The number of benzene rings is 1. The molecule has 4 nitrogen and oxygen atoms in total. The molecule has 1 amide bonds. The molecule has 25 heavy (non-hydrogen) atoms. The number of halogens is 3. The number of piperidine rings is 1. The van der Waals surface area contributed by atoms with Crippen molar-refractivity contribution in [2.24, 2.45) is 0 Å². The van der Waals surface area contributed by atoms with Gasteiger partial charge in [-0.3, -0.25) is 9.69 Å². The largest absolute Gasteiger partial charge is 0.468 e. The number of hydrogen-bond donors (Lipinski definition) is 1. The number of carbonyl (C=O) groups excluding carboxylic acids is 1. The first kappa shape index (κ1) is 18.2. The highest BCUT2D eigenvalue weighted by Crippen LogP contribution is 2.26. The van der Waals surface area contributed by atoms with Gasteiger partial charge in [-0.1, -0.05) is 29.6 Å². The maximum Gasteiger partial charge on any atom is 0.252 e. The average molecular weight is 385 g/mol. The summed E-state index contributed by atoms with van der Waals surface area (Å²) in [5, 5.41) is 2.85. The van der Waals surface area contributed by atoms with Crippen LogP contribution in [0.2, 0.25) is 10.0 Å². The van der Waals surface area contributed by atoms with Crippen LogP contribution in [0.15, 0.2) is 34.9 Å². The molecule has 0 unspecified atom stereocenters. The molecule has 1 aromatic heterocycles. The SMILES string of the molecule is O=C(NC[C@@H](c1ccco1)N1CCCCC1)c1cc(F)c(Cl)cc1Cl. The Kier molecular flexibility index (Phi) is 5.99. The Balaban J connectivity index is 1.72. The molecule has 0 aliphatic carbocycles. The quantitative estimate of drug-likeness (QED) is 0.760. The van der Waals surface area contributed by atoms with Gasteiger partial charge in [0, 0.05) is 6.54 Å². The van der Waals surface area contributed by atoms with Gasteiger partial charge in [0.2, 0.25) is 0 Å². The van der Waals surface area contributed by atoms with Crippen LogP contribution in [0, 0.1) is 5.82 Å². The Morgan fingerprint density at radius 3 is 2.68 bits per heavy atom. The molecule has 0 bridgehead atoms. The standard InChI is InChI=1S/C18H19Cl2FN2O2/c19-13-10-14(20)15(21)9-12(13)18(24)22-11-16(17-5-4-8-25-17)23-6-2-1-3-7-23/h4-5,8-10,16H,1-3,6-7,11H2,(H,22,24)/t16-/m0/s1. The maximum atomic E-state index is 13.6. The average Bonchev–Trinajstić information content (AvgIpc) is 3.13. The van der Waals surface area contributed by atoms with Gasteiger partial charge in [0.15, 0.2) is 0 Å². The fourth-order valence-corrected chi connectivity index (χ4v) is 3.57. The molecular formula is C18H19Cl2FN2O2. The Morgan fingerprint density at radius 1 is 1.24 bits per heavy atom. The van der Waals surface area contributed by atoms with E-state index >= 15 is 0 Å². The summed E-state index contributed by atoms with van der Waals surface area (Å²) in [6, 6.07) is 5.97. The Labute approximate surface area is 155 Å². The molecule has 3 rings (SSSR count). The third-order valence-corrected chi connectivity index (χ3v) is 5.02. The predicted octanol–water partition coefficient (Wildman–Crippen LogP) is 4.68. The molecule has 1 N–H and O–H groups in total. The molecule has 2 heterocycles. The third kappa shape index (κ3) is 4.35. The van der Waals surface area contributed by atoms with Crippen LogP contribution in [-0.4, -0.2) is 30.4 Å². The summed E-state index contributed by atoms with van der Waals surface area (Å²) < 4.78 is 19.2. The van der Waals surface area contributed by atoms with E-state index in [2.05, 4.69) is 10.2 Å². The molecule has 1 atom stereocenters. The number of carbonyl (C=O) groups is 1. The lowest BCUT2D eigenvalue weighted by molar-refractivity contribution is 0.0914. The van der Waals surface area contributed by atoms with Crippen molar-refractivity contribution in [3.8, 4) is 0 Å². The van der Waals surface area contributed by atoms with Crippen LogP contribution in [0.25, 0.3) is 0 Å². The first-order valence-electron chi connectivity index (χ1n) is 8.26. The molecule has 2 aromatic rings. The second-order valence-corrected chi connectivity index (χ2v) is 6.90. The number of likely N-dealkylation sites (tertiary alicyclic amines) is 1. The number of amides is 1. The molecule has 7 heteroatoms. The van der Waals surface area contributed by atoms with Gasteiger partial charge in [0.25, 0.3) is 5.91 Å². The molecule has 0 radical (unpaired) electrons. The summed E-state index contributed by atoms with van der Waals surface area (Å²) in [6.07, 6.45) is 5.09. The number of furan rings is 1. The van der Waals surface area contributed by atoms with Gasteiger partial charge in [-0.25, -0.2) is 4.39 Å². The van der Waals surface area contributed by atoms with Crippen molar-refractivity contribution in [2.45, 2.75) is 25.3 Å². The molecule has 1 aliphatic heterocycles. The number of nitrogens with one attached hydrogen (secondary N) is 1. The van der Waals surface area contributed by atoms with Crippen LogP contribution in [0.1, 0.15) is 41.4 Å². The van der Waals surface area contributed by atoms with Crippen molar-refractivity contribution in [2.75, 3.05) is 19.6 Å². The summed E-state index contributed by atoms with van der Waals surface area (Å²) in [5.74, 6) is -0.306. The molecular weight excluding hydrogens is 366 g/mol. The van der Waals surface area contributed by atoms with E-state index in [1.54, 1.807) is 6.26 Å². The minimum absolute atomic E-state index is 0.0600. The lowest BCUT2D eigenvalue weighted by Crippen LogP contribution is -2.40. The predicted molar refractivity (Wildman–Crippen MR) is 95.6 cm³/mol. The monoisotopic (exact) mass is 384 g/mol. The Hall–Kier alpha value is -1.56.